The summed E-state index contributed by atoms with van der Waals surface area (Å²) >= 11 is 1.80. The Hall–Kier alpha value is -1.61. The number of aromatic hydroxyl groups is 2. The van der Waals surface area contributed by atoms with E-state index in [1.165, 1.54) is 0 Å². The Balaban J connectivity index is 2.24. The van der Waals surface area contributed by atoms with Crippen molar-refractivity contribution in [2.75, 3.05) is 0 Å². The highest BCUT2D eigenvalue weighted by Gasteiger charge is 2.15. The fourth-order valence-electron chi connectivity index (χ4n) is 2.20. The third-order valence-electron chi connectivity index (χ3n) is 2.98. The lowest BCUT2D eigenvalue weighted by molar-refractivity contribution is 0.474. The van der Waals surface area contributed by atoms with Crippen molar-refractivity contribution in [1.29, 1.82) is 0 Å². The van der Waals surface area contributed by atoms with Crippen molar-refractivity contribution in [3.05, 3.63) is 47.5 Å². The summed E-state index contributed by atoms with van der Waals surface area (Å²) in [6.07, 6.45) is 0. The van der Waals surface area contributed by atoms with E-state index in [2.05, 4.69) is 0 Å². The number of hydrogen-bond donors (Lipinski definition) is 2. The van der Waals surface area contributed by atoms with Crippen LogP contribution in [0.2, 0.25) is 0 Å². The van der Waals surface area contributed by atoms with Gasteiger partial charge in [-0.2, -0.15) is 11.8 Å². The number of fused-ring (bicyclic) bond motifs is 3. The van der Waals surface area contributed by atoms with Gasteiger partial charge in [0.2, 0.25) is 0 Å². The van der Waals surface area contributed by atoms with Crippen LogP contribution in [0.4, 0.5) is 0 Å². The third kappa shape index (κ3) is 1.87. The van der Waals surface area contributed by atoms with Crippen molar-refractivity contribution in [1.82, 2.24) is 0 Å². The molecule has 3 heteroatoms. The predicted molar refractivity (Wildman–Crippen MR) is 70.2 cm³/mol. The zero-order valence-electron chi connectivity index (χ0n) is 9.18. The van der Waals surface area contributed by atoms with Gasteiger partial charge in [0, 0.05) is 11.5 Å². The number of rotatable bonds is 0. The van der Waals surface area contributed by atoms with Gasteiger partial charge in [0.05, 0.1) is 0 Å². The van der Waals surface area contributed by atoms with Crippen LogP contribution in [0.5, 0.6) is 11.5 Å². The zero-order chi connectivity index (χ0) is 11.8. The highest BCUT2D eigenvalue weighted by Crippen LogP contribution is 2.38. The number of phenolic OH excluding ortho intramolecular Hbond substituents is 2. The highest BCUT2D eigenvalue weighted by atomic mass is 32.2. The second kappa shape index (κ2) is 4.00. The molecular weight excluding hydrogens is 232 g/mol. The van der Waals surface area contributed by atoms with Crippen LogP contribution in [0.1, 0.15) is 11.1 Å². The Kier molecular flexibility index (Phi) is 2.48. The molecular formula is C14H12O2S. The molecule has 1 heterocycles. The summed E-state index contributed by atoms with van der Waals surface area (Å²) in [5.41, 5.74) is 4.62. The summed E-state index contributed by atoms with van der Waals surface area (Å²) in [5, 5.41) is 19.0. The molecule has 0 amide bonds. The number of hydrogen-bond acceptors (Lipinski definition) is 3. The molecule has 0 radical (unpaired) electrons. The van der Waals surface area contributed by atoms with E-state index in [9.17, 15) is 10.2 Å². The summed E-state index contributed by atoms with van der Waals surface area (Å²) in [5.74, 6) is 2.40. The van der Waals surface area contributed by atoms with E-state index in [4.69, 9.17) is 0 Å². The highest BCUT2D eigenvalue weighted by molar-refractivity contribution is 7.97. The lowest BCUT2D eigenvalue weighted by Gasteiger charge is -2.09. The molecule has 2 aromatic rings. The molecule has 17 heavy (non-hydrogen) atoms. The summed E-state index contributed by atoms with van der Waals surface area (Å²) in [6, 6.07) is 11.0. The Labute approximate surface area is 104 Å². The van der Waals surface area contributed by atoms with Crippen LogP contribution in [0.3, 0.4) is 0 Å². The van der Waals surface area contributed by atoms with Crippen LogP contribution >= 0.6 is 11.8 Å². The fourth-order valence-corrected chi connectivity index (χ4v) is 3.22. The maximum absolute atomic E-state index is 9.52. The zero-order valence-corrected chi connectivity index (χ0v) is 10.00. The minimum atomic E-state index is 0.312. The van der Waals surface area contributed by atoms with Crippen molar-refractivity contribution in [2.24, 2.45) is 0 Å². The van der Waals surface area contributed by atoms with E-state index >= 15 is 0 Å². The molecule has 2 nitrogen and oxygen atoms in total. The van der Waals surface area contributed by atoms with E-state index in [1.54, 1.807) is 23.9 Å². The second-order valence-electron chi connectivity index (χ2n) is 4.18. The predicted octanol–water partition coefficient (Wildman–Crippen LogP) is 3.51. The molecule has 0 atom stereocenters. The molecule has 0 bridgehead atoms. The Bertz CT molecular complexity index is 527. The average molecular weight is 244 g/mol. The monoisotopic (exact) mass is 244 g/mol. The van der Waals surface area contributed by atoms with E-state index in [-0.39, 0.29) is 0 Å². The van der Waals surface area contributed by atoms with Gasteiger partial charge in [-0.3, -0.25) is 0 Å². The van der Waals surface area contributed by atoms with Gasteiger partial charge in [-0.1, -0.05) is 12.1 Å². The Morgan fingerprint density at radius 1 is 0.765 bits per heavy atom. The molecule has 0 spiro atoms. The van der Waals surface area contributed by atoms with Crippen LogP contribution < -0.4 is 0 Å². The molecule has 2 aromatic carbocycles. The van der Waals surface area contributed by atoms with Gasteiger partial charge >= 0.3 is 0 Å². The first-order valence-corrected chi connectivity index (χ1v) is 6.61. The van der Waals surface area contributed by atoms with E-state index in [0.717, 1.165) is 33.8 Å². The number of benzene rings is 2. The maximum atomic E-state index is 9.52. The molecule has 0 aliphatic carbocycles. The van der Waals surface area contributed by atoms with Gasteiger partial charge in [0.1, 0.15) is 11.5 Å². The average Bonchev–Trinajstić information content (AvgIpc) is 2.47. The van der Waals surface area contributed by atoms with Gasteiger partial charge in [-0.15, -0.1) is 0 Å². The lowest BCUT2D eigenvalue weighted by Crippen LogP contribution is -1.87. The largest absolute Gasteiger partial charge is 0.508 e. The van der Waals surface area contributed by atoms with Crippen molar-refractivity contribution in [3.8, 4) is 22.6 Å². The second-order valence-corrected chi connectivity index (χ2v) is 5.16. The van der Waals surface area contributed by atoms with Crippen LogP contribution in [-0.2, 0) is 11.5 Å². The molecule has 3 rings (SSSR count). The van der Waals surface area contributed by atoms with Gasteiger partial charge in [-0.05, 0) is 46.5 Å². The van der Waals surface area contributed by atoms with Crippen LogP contribution in [0, 0.1) is 0 Å². The minimum Gasteiger partial charge on any atom is -0.508 e. The first kappa shape index (κ1) is 10.5. The van der Waals surface area contributed by atoms with E-state index in [0.29, 0.717) is 11.5 Å². The normalized spacial score (nSPS) is 13.6. The fraction of sp³-hybridized carbons (Fsp3) is 0.143. The smallest absolute Gasteiger partial charge is 0.115 e. The molecule has 1 aliphatic heterocycles. The van der Waals surface area contributed by atoms with Crippen LogP contribution in [0.15, 0.2) is 36.4 Å². The number of phenols is 2. The number of thioether (sulfide) groups is 1. The van der Waals surface area contributed by atoms with Crippen molar-refractivity contribution in [3.63, 3.8) is 0 Å². The summed E-state index contributed by atoms with van der Waals surface area (Å²) in [4.78, 5) is 0. The van der Waals surface area contributed by atoms with Gasteiger partial charge in [-0.25, -0.2) is 0 Å². The quantitative estimate of drug-likeness (QED) is 0.745. The molecule has 0 aromatic heterocycles. The molecule has 0 saturated heterocycles. The topological polar surface area (TPSA) is 40.5 Å². The van der Waals surface area contributed by atoms with E-state index < -0.39 is 0 Å². The SMILES string of the molecule is Oc1ccc2c(c1)CSCc1cc(O)ccc1-2. The van der Waals surface area contributed by atoms with Gasteiger partial charge < -0.3 is 10.2 Å². The van der Waals surface area contributed by atoms with Crippen molar-refractivity contribution in [2.45, 2.75) is 11.5 Å². The Morgan fingerprint density at radius 2 is 1.24 bits per heavy atom. The summed E-state index contributed by atoms with van der Waals surface area (Å²) in [7, 11) is 0. The first-order valence-electron chi connectivity index (χ1n) is 5.46. The van der Waals surface area contributed by atoms with Crippen molar-refractivity contribution < 1.29 is 10.2 Å². The lowest BCUT2D eigenvalue weighted by atomic mass is 9.96. The summed E-state index contributed by atoms with van der Waals surface area (Å²) < 4.78 is 0. The molecule has 86 valence electrons. The maximum Gasteiger partial charge on any atom is 0.115 e. The molecule has 0 saturated carbocycles. The summed E-state index contributed by atoms with van der Waals surface area (Å²) in [6.45, 7) is 0. The van der Waals surface area contributed by atoms with Gasteiger partial charge in [0.25, 0.3) is 0 Å². The van der Waals surface area contributed by atoms with Crippen LogP contribution in [-0.4, -0.2) is 10.2 Å². The van der Waals surface area contributed by atoms with Crippen LogP contribution in [0.25, 0.3) is 11.1 Å². The molecule has 2 N–H and O–H groups in total. The van der Waals surface area contributed by atoms with Gasteiger partial charge in [0.15, 0.2) is 0 Å². The molecule has 1 aliphatic rings. The van der Waals surface area contributed by atoms with E-state index in [1.807, 2.05) is 24.3 Å². The minimum absolute atomic E-state index is 0.312. The standard InChI is InChI=1S/C14H12O2S/c15-11-1-3-13-9(5-11)7-17-8-10-6-12(16)2-4-14(10)13/h1-6,15-16H,7-8H2. The molecule has 0 fully saturated rings. The van der Waals surface area contributed by atoms with Crippen molar-refractivity contribution >= 4 is 11.8 Å². The third-order valence-corrected chi connectivity index (χ3v) is 4.01. The molecule has 0 unspecified atom stereocenters. The Morgan fingerprint density at radius 3 is 1.71 bits per heavy atom. The first-order chi connectivity index (χ1) is 8.24.